The van der Waals surface area contributed by atoms with E-state index in [9.17, 15) is 14.4 Å². The van der Waals surface area contributed by atoms with Gasteiger partial charge in [-0.15, -0.1) is 0 Å². The number of amides is 1. The van der Waals surface area contributed by atoms with E-state index >= 15 is 0 Å². The Balaban J connectivity index is 1.67. The number of nitrogens with zero attached hydrogens (tertiary/aromatic N) is 1. The molecule has 25 heavy (non-hydrogen) atoms. The van der Waals surface area contributed by atoms with Crippen molar-refractivity contribution in [2.45, 2.75) is 25.8 Å². The van der Waals surface area contributed by atoms with Gasteiger partial charge in [0.2, 0.25) is 0 Å². The first-order valence-corrected chi connectivity index (χ1v) is 8.13. The summed E-state index contributed by atoms with van der Waals surface area (Å²) in [5.74, 6) is -1.26. The first-order valence-electron chi connectivity index (χ1n) is 8.13. The number of piperidine rings is 1. The smallest absolute Gasteiger partial charge is 0.336 e. The molecule has 0 radical (unpaired) electrons. The third-order valence-corrected chi connectivity index (χ3v) is 4.51. The van der Waals surface area contributed by atoms with E-state index in [2.05, 4.69) is 0 Å². The molecule has 1 fully saturated rings. The Bertz CT molecular complexity index is 858. The molecule has 1 aliphatic rings. The fourth-order valence-corrected chi connectivity index (χ4v) is 3.01. The summed E-state index contributed by atoms with van der Waals surface area (Å²) in [5.41, 5.74) is -0.0719. The van der Waals surface area contributed by atoms with Gasteiger partial charge in [-0.1, -0.05) is 0 Å². The van der Waals surface area contributed by atoms with Gasteiger partial charge in [0.25, 0.3) is 5.91 Å². The molecule has 1 aromatic carbocycles. The molecule has 7 nitrogen and oxygen atoms in total. The predicted molar refractivity (Wildman–Crippen MR) is 89.5 cm³/mol. The third-order valence-electron chi connectivity index (χ3n) is 4.51. The van der Waals surface area contributed by atoms with Gasteiger partial charge in [0, 0.05) is 30.1 Å². The number of hydrogen-bond donors (Lipinski definition) is 1. The summed E-state index contributed by atoms with van der Waals surface area (Å²) >= 11 is 0. The Hall–Kier alpha value is -2.83. The zero-order valence-corrected chi connectivity index (χ0v) is 13.8. The van der Waals surface area contributed by atoms with Crippen molar-refractivity contribution in [2.75, 3.05) is 13.2 Å². The quantitative estimate of drug-likeness (QED) is 0.850. The van der Waals surface area contributed by atoms with E-state index in [1.807, 2.05) is 6.92 Å². The van der Waals surface area contributed by atoms with Crippen molar-refractivity contribution < 1.29 is 23.8 Å². The minimum absolute atomic E-state index is 0.0127. The summed E-state index contributed by atoms with van der Waals surface area (Å²) < 4.78 is 10.6. The Morgan fingerprint density at radius 3 is 2.80 bits per heavy atom. The molecule has 1 aliphatic heterocycles. The highest BCUT2D eigenvalue weighted by atomic mass is 16.5. The van der Waals surface area contributed by atoms with Gasteiger partial charge in [0.1, 0.15) is 11.3 Å². The number of hydrogen-bond acceptors (Lipinski definition) is 5. The number of rotatable bonds is 4. The molecule has 0 saturated carbocycles. The number of carboxylic acids is 1. The van der Waals surface area contributed by atoms with Crippen LogP contribution in [0.5, 0.6) is 5.75 Å². The van der Waals surface area contributed by atoms with Gasteiger partial charge in [-0.25, -0.2) is 4.79 Å². The second-order valence-corrected chi connectivity index (χ2v) is 6.25. The van der Waals surface area contributed by atoms with Crippen LogP contribution in [-0.2, 0) is 9.59 Å². The van der Waals surface area contributed by atoms with Gasteiger partial charge in [-0.05, 0) is 38.0 Å². The number of carboxylic acid groups (broad SMARTS) is 1. The van der Waals surface area contributed by atoms with Crippen LogP contribution in [0.25, 0.3) is 11.0 Å². The zero-order valence-electron chi connectivity index (χ0n) is 13.8. The number of aliphatic carboxylic acids is 1. The molecule has 1 aromatic heterocycles. The molecular weight excluding hydrogens is 326 g/mol. The Labute approximate surface area is 143 Å². The van der Waals surface area contributed by atoms with Crippen molar-refractivity contribution in [2.24, 2.45) is 5.92 Å². The van der Waals surface area contributed by atoms with Crippen LogP contribution in [0.15, 0.2) is 39.5 Å². The topological polar surface area (TPSA) is 97.0 Å². The van der Waals surface area contributed by atoms with Crippen molar-refractivity contribution in [3.8, 4) is 5.75 Å². The fourth-order valence-electron chi connectivity index (χ4n) is 3.01. The lowest BCUT2D eigenvalue weighted by atomic mass is 9.93. The molecular formula is C18H19NO6. The van der Waals surface area contributed by atoms with Crippen LogP contribution >= 0.6 is 0 Å². The number of carbonyl (C=O) groups excluding carboxylic acids is 1. The number of benzene rings is 1. The van der Waals surface area contributed by atoms with E-state index in [0.717, 1.165) is 5.39 Å². The zero-order chi connectivity index (χ0) is 18.0. The second kappa shape index (κ2) is 6.96. The molecule has 132 valence electrons. The van der Waals surface area contributed by atoms with Crippen molar-refractivity contribution in [1.82, 2.24) is 4.90 Å². The highest BCUT2D eigenvalue weighted by Crippen LogP contribution is 2.23. The minimum atomic E-state index is -0.879. The van der Waals surface area contributed by atoms with Crippen LogP contribution in [0.3, 0.4) is 0 Å². The largest absolute Gasteiger partial charge is 0.484 e. The molecule has 0 spiro atoms. The van der Waals surface area contributed by atoms with E-state index in [0.29, 0.717) is 24.2 Å². The molecule has 2 atom stereocenters. The van der Waals surface area contributed by atoms with E-state index < -0.39 is 17.5 Å². The maximum atomic E-state index is 12.4. The van der Waals surface area contributed by atoms with Crippen molar-refractivity contribution in [3.05, 3.63) is 40.8 Å². The van der Waals surface area contributed by atoms with Crippen molar-refractivity contribution in [1.29, 1.82) is 0 Å². The Morgan fingerprint density at radius 1 is 1.28 bits per heavy atom. The number of ether oxygens (including phenoxy) is 1. The Morgan fingerprint density at radius 2 is 2.04 bits per heavy atom. The summed E-state index contributed by atoms with van der Waals surface area (Å²) in [6.45, 7) is 1.91. The summed E-state index contributed by atoms with van der Waals surface area (Å²) in [7, 11) is 0. The van der Waals surface area contributed by atoms with E-state index in [1.165, 1.54) is 6.07 Å². The van der Waals surface area contributed by atoms with Crippen molar-refractivity contribution >= 4 is 22.8 Å². The van der Waals surface area contributed by atoms with Crippen LogP contribution in [0.1, 0.15) is 19.8 Å². The molecule has 2 heterocycles. The van der Waals surface area contributed by atoms with Crippen LogP contribution in [0.4, 0.5) is 0 Å². The van der Waals surface area contributed by atoms with Crippen LogP contribution < -0.4 is 10.4 Å². The lowest BCUT2D eigenvalue weighted by Gasteiger charge is -2.36. The van der Waals surface area contributed by atoms with Gasteiger partial charge >= 0.3 is 11.6 Å². The molecule has 1 saturated heterocycles. The highest BCUT2D eigenvalue weighted by molar-refractivity contribution is 5.80. The highest BCUT2D eigenvalue weighted by Gasteiger charge is 2.32. The lowest BCUT2D eigenvalue weighted by Crippen LogP contribution is -2.49. The summed E-state index contributed by atoms with van der Waals surface area (Å²) in [6, 6.07) is 7.96. The molecule has 2 unspecified atom stereocenters. The fraction of sp³-hybridized carbons (Fsp3) is 0.389. The number of likely N-dealkylation sites (tertiary alicyclic amines) is 1. The van der Waals surface area contributed by atoms with Crippen LogP contribution in [0.2, 0.25) is 0 Å². The van der Waals surface area contributed by atoms with Gasteiger partial charge in [-0.2, -0.15) is 0 Å². The van der Waals surface area contributed by atoms with Crippen LogP contribution in [0, 0.1) is 5.92 Å². The summed E-state index contributed by atoms with van der Waals surface area (Å²) in [4.78, 5) is 36.4. The number of fused-ring (bicyclic) bond motifs is 1. The molecule has 1 N–H and O–H groups in total. The molecule has 1 amide bonds. The summed E-state index contributed by atoms with van der Waals surface area (Å²) in [6.07, 6.45) is 1.23. The van der Waals surface area contributed by atoms with Gasteiger partial charge in [0.05, 0.1) is 5.92 Å². The molecule has 0 bridgehead atoms. The Kier molecular flexibility index (Phi) is 4.74. The SMILES string of the molecule is CC1CCC(C(=O)O)CN1C(=O)COc1ccc2ccc(=O)oc2c1. The maximum absolute atomic E-state index is 12.4. The first kappa shape index (κ1) is 17.0. The average Bonchev–Trinajstić information content (AvgIpc) is 2.59. The van der Waals surface area contributed by atoms with E-state index in [1.54, 1.807) is 29.2 Å². The maximum Gasteiger partial charge on any atom is 0.336 e. The summed E-state index contributed by atoms with van der Waals surface area (Å²) in [5, 5.41) is 9.91. The first-order chi connectivity index (χ1) is 11.9. The molecule has 0 aliphatic carbocycles. The van der Waals surface area contributed by atoms with E-state index in [4.69, 9.17) is 14.3 Å². The van der Waals surface area contributed by atoms with Crippen molar-refractivity contribution in [3.63, 3.8) is 0 Å². The standard InChI is InChI=1S/C18H19NO6/c1-11-2-3-13(18(22)23)9-19(11)16(20)10-24-14-6-4-12-5-7-17(21)25-15(12)8-14/h4-8,11,13H,2-3,9-10H2,1H3,(H,22,23). The van der Waals surface area contributed by atoms with Crippen LogP contribution in [-0.4, -0.2) is 41.1 Å². The molecule has 7 heteroatoms. The normalized spacial score (nSPS) is 20.4. The van der Waals surface area contributed by atoms with Gasteiger partial charge < -0.3 is 19.2 Å². The predicted octanol–water partition coefficient (Wildman–Crippen LogP) is 1.88. The van der Waals surface area contributed by atoms with Gasteiger partial charge in [-0.3, -0.25) is 9.59 Å². The monoisotopic (exact) mass is 345 g/mol. The molecule has 2 aromatic rings. The third kappa shape index (κ3) is 3.81. The lowest BCUT2D eigenvalue weighted by molar-refractivity contribution is -0.147. The van der Waals surface area contributed by atoms with Gasteiger partial charge in [0.15, 0.2) is 6.61 Å². The van der Waals surface area contributed by atoms with E-state index in [-0.39, 0.29) is 25.1 Å². The second-order valence-electron chi connectivity index (χ2n) is 6.25. The minimum Gasteiger partial charge on any atom is -0.484 e. The number of carbonyl (C=O) groups is 2. The molecule has 3 rings (SSSR count). The average molecular weight is 345 g/mol.